The zero-order valence-electron chi connectivity index (χ0n) is 19.1. The summed E-state index contributed by atoms with van der Waals surface area (Å²) < 4.78 is 15.2. The normalized spacial score (nSPS) is 17.9. The van der Waals surface area contributed by atoms with Crippen LogP contribution in [0.25, 0.3) is 16.9 Å². The van der Waals surface area contributed by atoms with Gasteiger partial charge in [0.05, 0.1) is 11.4 Å². The van der Waals surface area contributed by atoms with Crippen molar-refractivity contribution < 1.29 is 9.50 Å². The fourth-order valence-electron chi connectivity index (χ4n) is 4.99. The molecule has 170 valence electrons. The monoisotopic (exact) mass is 438 g/mol. The molecule has 0 radical (unpaired) electrons. The zero-order chi connectivity index (χ0) is 22.9. The standard InChI is InChI=1S/C24H31FN6O/c1-23(2)15-18(16-24(3,4)29-23)30(13-10-25)22-9-8-20(27-28-22)19-7-6-17(14-21(19)32)31-12-5-11-26-31/h5-9,11-12,14,18,29,32H,10,13,15-16H2,1-4H3. The highest BCUT2D eigenvalue weighted by atomic mass is 19.1. The minimum absolute atomic E-state index is 0.0591. The van der Waals surface area contributed by atoms with Crippen LogP contribution in [0.1, 0.15) is 40.5 Å². The van der Waals surface area contributed by atoms with E-state index in [0.717, 1.165) is 18.5 Å². The third-order valence-corrected chi connectivity index (χ3v) is 5.91. The van der Waals surface area contributed by atoms with E-state index in [9.17, 15) is 9.50 Å². The van der Waals surface area contributed by atoms with Crippen LogP contribution in [0.15, 0.2) is 48.8 Å². The van der Waals surface area contributed by atoms with Gasteiger partial charge in [-0.25, -0.2) is 9.07 Å². The number of phenolic OH excluding ortho intramolecular Hbond substituents is 1. The molecule has 0 aliphatic carbocycles. The summed E-state index contributed by atoms with van der Waals surface area (Å²) in [6.45, 7) is 8.54. The highest BCUT2D eigenvalue weighted by Crippen LogP contribution is 2.34. The number of phenols is 1. The molecule has 0 bridgehead atoms. The summed E-state index contributed by atoms with van der Waals surface area (Å²) in [5.41, 5.74) is 1.78. The number of aromatic nitrogens is 4. The SMILES string of the molecule is CC1(C)CC(N(CCF)c2ccc(-c3ccc(-n4cccn4)cc3O)nn2)CC(C)(C)N1. The van der Waals surface area contributed by atoms with Crippen LogP contribution in [0.3, 0.4) is 0 Å². The van der Waals surface area contributed by atoms with Crippen LogP contribution in [0.4, 0.5) is 10.2 Å². The summed E-state index contributed by atoms with van der Waals surface area (Å²) in [7, 11) is 0. The van der Waals surface area contributed by atoms with Gasteiger partial charge in [0, 0.05) is 47.7 Å². The van der Waals surface area contributed by atoms with Crippen molar-refractivity contribution in [2.24, 2.45) is 0 Å². The number of nitrogens with one attached hydrogen (secondary N) is 1. The van der Waals surface area contributed by atoms with E-state index in [1.807, 2.05) is 35.4 Å². The van der Waals surface area contributed by atoms with Crippen LogP contribution < -0.4 is 10.2 Å². The molecular weight excluding hydrogens is 407 g/mol. The van der Waals surface area contributed by atoms with E-state index >= 15 is 0 Å². The number of rotatable bonds is 6. The van der Waals surface area contributed by atoms with E-state index in [1.165, 1.54) is 0 Å². The van der Waals surface area contributed by atoms with Gasteiger partial charge >= 0.3 is 0 Å². The van der Waals surface area contributed by atoms with Gasteiger partial charge in [-0.2, -0.15) is 5.10 Å². The molecule has 32 heavy (non-hydrogen) atoms. The van der Waals surface area contributed by atoms with Crippen LogP contribution >= 0.6 is 0 Å². The highest BCUT2D eigenvalue weighted by Gasteiger charge is 2.40. The molecule has 0 saturated carbocycles. The van der Waals surface area contributed by atoms with Crippen LogP contribution in [0.5, 0.6) is 5.75 Å². The largest absolute Gasteiger partial charge is 0.507 e. The van der Waals surface area contributed by atoms with Crippen molar-refractivity contribution in [3.63, 3.8) is 0 Å². The summed E-state index contributed by atoms with van der Waals surface area (Å²) >= 11 is 0. The second-order valence-electron chi connectivity index (χ2n) is 9.77. The summed E-state index contributed by atoms with van der Waals surface area (Å²) in [5, 5.41) is 27.2. The Morgan fingerprint density at radius 3 is 2.44 bits per heavy atom. The molecule has 0 unspecified atom stereocenters. The zero-order valence-corrected chi connectivity index (χ0v) is 19.1. The third-order valence-electron chi connectivity index (χ3n) is 5.91. The molecule has 1 aliphatic rings. The van der Waals surface area contributed by atoms with Gasteiger partial charge in [0.2, 0.25) is 0 Å². The molecule has 2 aromatic heterocycles. The van der Waals surface area contributed by atoms with Crippen molar-refractivity contribution in [3.05, 3.63) is 48.8 Å². The summed E-state index contributed by atoms with van der Waals surface area (Å²) in [4.78, 5) is 2.03. The van der Waals surface area contributed by atoms with Crippen LogP contribution in [-0.4, -0.2) is 55.4 Å². The number of alkyl halides is 1. The Balaban J connectivity index is 1.59. The maximum Gasteiger partial charge on any atom is 0.151 e. The molecule has 1 aliphatic heterocycles. The van der Waals surface area contributed by atoms with Crippen molar-refractivity contribution in [1.82, 2.24) is 25.3 Å². The first kappa shape index (κ1) is 22.2. The van der Waals surface area contributed by atoms with Gasteiger partial charge < -0.3 is 15.3 Å². The van der Waals surface area contributed by atoms with E-state index in [0.29, 0.717) is 17.1 Å². The van der Waals surface area contributed by atoms with Gasteiger partial charge in [0.25, 0.3) is 0 Å². The van der Waals surface area contributed by atoms with Crippen LogP contribution in [0, 0.1) is 0 Å². The Kier molecular flexibility index (Phi) is 5.90. The van der Waals surface area contributed by atoms with E-state index in [1.54, 1.807) is 23.0 Å². The molecule has 3 heterocycles. The highest BCUT2D eigenvalue weighted by molar-refractivity contribution is 5.69. The Bertz CT molecular complexity index is 1030. The maximum atomic E-state index is 13.5. The summed E-state index contributed by atoms with van der Waals surface area (Å²) in [6.07, 6.45) is 5.26. The second-order valence-corrected chi connectivity index (χ2v) is 9.77. The quantitative estimate of drug-likeness (QED) is 0.603. The van der Waals surface area contributed by atoms with E-state index in [4.69, 9.17) is 0 Å². The first-order valence-electron chi connectivity index (χ1n) is 11.0. The topological polar surface area (TPSA) is 79.1 Å². The predicted molar refractivity (Wildman–Crippen MR) is 124 cm³/mol. The first-order valence-corrected chi connectivity index (χ1v) is 11.0. The minimum atomic E-state index is -0.454. The Hall–Kier alpha value is -3.00. The number of hydrogen-bond acceptors (Lipinski definition) is 6. The molecule has 1 saturated heterocycles. The minimum Gasteiger partial charge on any atom is -0.507 e. The molecule has 7 nitrogen and oxygen atoms in total. The van der Waals surface area contributed by atoms with E-state index in [2.05, 4.69) is 48.3 Å². The van der Waals surface area contributed by atoms with Gasteiger partial charge in [-0.15, -0.1) is 10.2 Å². The van der Waals surface area contributed by atoms with Crippen molar-refractivity contribution >= 4 is 5.82 Å². The number of hydrogen-bond donors (Lipinski definition) is 2. The van der Waals surface area contributed by atoms with Gasteiger partial charge in [-0.05, 0) is 70.9 Å². The average Bonchev–Trinajstić information content (AvgIpc) is 3.25. The Labute approximate surface area is 188 Å². The van der Waals surface area contributed by atoms with Gasteiger partial charge in [0.15, 0.2) is 5.82 Å². The van der Waals surface area contributed by atoms with Gasteiger partial charge in [0.1, 0.15) is 12.4 Å². The summed E-state index contributed by atoms with van der Waals surface area (Å²) in [6, 6.07) is 11.0. The lowest BCUT2D eigenvalue weighted by atomic mass is 9.79. The molecule has 0 atom stereocenters. The predicted octanol–water partition coefficient (Wildman–Crippen LogP) is 4.12. The van der Waals surface area contributed by atoms with Gasteiger partial charge in [-0.1, -0.05) is 0 Å². The maximum absolute atomic E-state index is 13.5. The summed E-state index contributed by atoms with van der Waals surface area (Å²) in [5.74, 6) is 0.750. The number of halogens is 1. The smallest absolute Gasteiger partial charge is 0.151 e. The Morgan fingerprint density at radius 2 is 1.88 bits per heavy atom. The molecule has 0 amide bonds. The average molecular weight is 439 g/mol. The molecule has 8 heteroatoms. The van der Waals surface area contributed by atoms with Crippen LogP contribution in [0.2, 0.25) is 0 Å². The number of anilines is 1. The lowest BCUT2D eigenvalue weighted by Gasteiger charge is -2.49. The van der Waals surface area contributed by atoms with Crippen LogP contribution in [-0.2, 0) is 0 Å². The molecular formula is C24H31FN6O. The lowest BCUT2D eigenvalue weighted by molar-refractivity contribution is 0.157. The lowest BCUT2D eigenvalue weighted by Crippen LogP contribution is -2.62. The molecule has 1 aromatic carbocycles. The van der Waals surface area contributed by atoms with Crippen molar-refractivity contribution in [2.45, 2.75) is 57.7 Å². The number of nitrogens with zero attached hydrogens (tertiary/aromatic N) is 5. The molecule has 0 spiro atoms. The third kappa shape index (κ3) is 4.75. The van der Waals surface area contributed by atoms with Crippen molar-refractivity contribution in [2.75, 3.05) is 18.1 Å². The number of benzene rings is 1. The van der Waals surface area contributed by atoms with Crippen molar-refractivity contribution in [3.8, 4) is 22.7 Å². The van der Waals surface area contributed by atoms with Gasteiger partial charge in [-0.3, -0.25) is 0 Å². The molecule has 2 N–H and O–H groups in total. The fourth-order valence-corrected chi connectivity index (χ4v) is 4.99. The van der Waals surface area contributed by atoms with E-state index in [-0.39, 0.29) is 29.4 Å². The van der Waals surface area contributed by atoms with Crippen molar-refractivity contribution in [1.29, 1.82) is 0 Å². The Morgan fingerprint density at radius 1 is 1.12 bits per heavy atom. The molecule has 1 fully saturated rings. The fraction of sp³-hybridized carbons (Fsp3) is 0.458. The second kappa shape index (κ2) is 8.50. The number of aromatic hydroxyl groups is 1. The van der Waals surface area contributed by atoms with E-state index < -0.39 is 6.67 Å². The molecule has 3 aromatic rings. The first-order chi connectivity index (χ1) is 15.2. The molecule has 4 rings (SSSR count). The number of piperidine rings is 1.